The second kappa shape index (κ2) is 5.75. The third-order valence-electron chi connectivity index (χ3n) is 3.99. The Morgan fingerprint density at radius 3 is 2.33 bits per heavy atom. The molecule has 1 aromatic rings. The van der Waals surface area contributed by atoms with Crippen LogP contribution in [0.1, 0.15) is 45.6 Å². The molecule has 2 rings (SSSR count). The molecule has 0 amide bonds. The van der Waals surface area contributed by atoms with Gasteiger partial charge < -0.3 is 9.47 Å². The maximum absolute atomic E-state index is 5.98. The molecule has 0 N–H and O–H groups in total. The molecule has 0 spiro atoms. The van der Waals surface area contributed by atoms with Gasteiger partial charge in [0.05, 0.1) is 13.2 Å². The van der Waals surface area contributed by atoms with Crippen LogP contribution in [-0.2, 0) is 10.2 Å². The van der Waals surface area contributed by atoms with Gasteiger partial charge >= 0.3 is 0 Å². The van der Waals surface area contributed by atoms with Crippen LogP contribution in [0.4, 0.5) is 0 Å². The monoisotopic (exact) mass is 248 g/mol. The van der Waals surface area contributed by atoms with Crippen LogP contribution in [0.5, 0.6) is 5.75 Å². The first-order valence-electron chi connectivity index (χ1n) is 6.97. The summed E-state index contributed by atoms with van der Waals surface area (Å²) >= 11 is 0. The predicted molar refractivity (Wildman–Crippen MR) is 74.2 cm³/mol. The summed E-state index contributed by atoms with van der Waals surface area (Å²) in [6.07, 6.45) is 3.47. The van der Waals surface area contributed by atoms with Crippen LogP contribution in [0.2, 0.25) is 0 Å². The van der Waals surface area contributed by atoms with E-state index in [4.69, 9.17) is 9.47 Å². The Bertz CT molecular complexity index is 361. The number of rotatable bonds is 4. The van der Waals surface area contributed by atoms with Gasteiger partial charge in [-0.1, -0.05) is 32.9 Å². The van der Waals surface area contributed by atoms with Crippen molar-refractivity contribution in [2.75, 3.05) is 13.2 Å². The molecule has 1 aliphatic heterocycles. The van der Waals surface area contributed by atoms with Crippen LogP contribution in [0.3, 0.4) is 0 Å². The molecule has 0 aliphatic carbocycles. The summed E-state index contributed by atoms with van der Waals surface area (Å²) in [5.41, 5.74) is 1.63. The van der Waals surface area contributed by atoms with Gasteiger partial charge in [0, 0.05) is 12.8 Å². The zero-order chi connectivity index (χ0) is 13.0. The fourth-order valence-corrected chi connectivity index (χ4v) is 2.18. The van der Waals surface area contributed by atoms with E-state index in [-0.39, 0.29) is 5.41 Å². The van der Waals surface area contributed by atoms with Gasteiger partial charge in [-0.15, -0.1) is 0 Å². The number of benzene rings is 1. The summed E-state index contributed by atoms with van der Waals surface area (Å²) in [6.45, 7) is 8.44. The Balaban J connectivity index is 1.99. The lowest BCUT2D eigenvalue weighted by Crippen LogP contribution is -2.25. The fraction of sp³-hybridized carbons (Fsp3) is 0.625. The minimum atomic E-state index is 0.247. The highest BCUT2D eigenvalue weighted by Gasteiger charge is 2.19. The zero-order valence-corrected chi connectivity index (χ0v) is 11.7. The Kier molecular flexibility index (Phi) is 4.28. The molecule has 0 aromatic heterocycles. The highest BCUT2D eigenvalue weighted by atomic mass is 16.5. The van der Waals surface area contributed by atoms with Gasteiger partial charge in [-0.25, -0.2) is 0 Å². The average molecular weight is 248 g/mol. The van der Waals surface area contributed by atoms with Crippen LogP contribution < -0.4 is 4.74 Å². The maximum atomic E-state index is 5.98. The van der Waals surface area contributed by atoms with Crippen LogP contribution in [0.15, 0.2) is 24.3 Å². The molecular weight excluding hydrogens is 224 g/mol. The van der Waals surface area contributed by atoms with Gasteiger partial charge in [0.2, 0.25) is 0 Å². The highest BCUT2D eigenvalue weighted by molar-refractivity contribution is 5.31. The van der Waals surface area contributed by atoms with Crippen molar-refractivity contribution in [2.24, 2.45) is 0 Å². The lowest BCUT2D eigenvalue weighted by molar-refractivity contribution is 0.0255. The van der Waals surface area contributed by atoms with E-state index in [2.05, 4.69) is 45.0 Å². The minimum Gasteiger partial charge on any atom is -0.490 e. The van der Waals surface area contributed by atoms with Crippen molar-refractivity contribution >= 4 is 0 Å². The molecule has 1 aromatic carbocycles. The molecule has 0 saturated carbocycles. The van der Waals surface area contributed by atoms with Crippen molar-refractivity contribution in [3.63, 3.8) is 0 Å². The van der Waals surface area contributed by atoms with Gasteiger partial charge in [-0.3, -0.25) is 0 Å². The largest absolute Gasteiger partial charge is 0.490 e. The quantitative estimate of drug-likeness (QED) is 0.803. The molecule has 0 bridgehead atoms. The normalized spacial score (nSPS) is 17.7. The van der Waals surface area contributed by atoms with Gasteiger partial charge in [-0.2, -0.15) is 0 Å². The molecule has 0 atom stereocenters. The standard InChI is InChI=1S/C16H24O2/c1-4-16(2,3)13-5-7-14(8-6-13)18-15-9-11-17-12-10-15/h5-8,15H,4,9-12H2,1-3H3. The van der Waals surface area contributed by atoms with Crippen LogP contribution in [-0.4, -0.2) is 19.3 Å². The molecule has 18 heavy (non-hydrogen) atoms. The Hall–Kier alpha value is -1.02. The summed E-state index contributed by atoms with van der Waals surface area (Å²) in [5.74, 6) is 0.984. The van der Waals surface area contributed by atoms with Crippen LogP contribution in [0.25, 0.3) is 0 Å². The molecule has 1 fully saturated rings. The van der Waals surface area contributed by atoms with E-state index in [0.29, 0.717) is 6.10 Å². The second-order valence-corrected chi connectivity index (χ2v) is 5.69. The van der Waals surface area contributed by atoms with Gasteiger partial charge in [-0.05, 0) is 29.5 Å². The van der Waals surface area contributed by atoms with Crippen molar-refractivity contribution in [3.05, 3.63) is 29.8 Å². The third-order valence-corrected chi connectivity index (χ3v) is 3.99. The van der Waals surface area contributed by atoms with Gasteiger partial charge in [0.25, 0.3) is 0 Å². The first-order valence-corrected chi connectivity index (χ1v) is 6.97. The van der Waals surface area contributed by atoms with E-state index < -0.39 is 0 Å². The lowest BCUT2D eigenvalue weighted by atomic mass is 9.82. The summed E-state index contributed by atoms with van der Waals surface area (Å²) in [5, 5.41) is 0. The zero-order valence-electron chi connectivity index (χ0n) is 11.7. The molecule has 1 aliphatic rings. The van der Waals surface area contributed by atoms with Crippen molar-refractivity contribution < 1.29 is 9.47 Å². The van der Waals surface area contributed by atoms with Crippen molar-refractivity contribution in [2.45, 2.75) is 51.6 Å². The fourth-order valence-electron chi connectivity index (χ4n) is 2.18. The molecule has 1 heterocycles. The second-order valence-electron chi connectivity index (χ2n) is 5.69. The first kappa shape index (κ1) is 13.4. The molecule has 2 heteroatoms. The molecule has 0 radical (unpaired) electrons. The molecule has 1 saturated heterocycles. The van der Waals surface area contributed by atoms with E-state index in [9.17, 15) is 0 Å². The van der Waals surface area contributed by atoms with Crippen molar-refractivity contribution in [1.29, 1.82) is 0 Å². The molecule has 0 unspecified atom stereocenters. The van der Waals surface area contributed by atoms with Crippen LogP contribution >= 0.6 is 0 Å². The van der Waals surface area contributed by atoms with Crippen LogP contribution in [0, 0.1) is 0 Å². The minimum absolute atomic E-state index is 0.247. The van der Waals surface area contributed by atoms with E-state index >= 15 is 0 Å². The Morgan fingerprint density at radius 1 is 1.17 bits per heavy atom. The highest BCUT2D eigenvalue weighted by Crippen LogP contribution is 2.28. The Labute approximate surface area is 110 Å². The van der Waals surface area contributed by atoms with Gasteiger partial charge in [0.15, 0.2) is 0 Å². The predicted octanol–water partition coefficient (Wildman–Crippen LogP) is 3.93. The van der Waals surface area contributed by atoms with E-state index in [0.717, 1.165) is 38.2 Å². The summed E-state index contributed by atoms with van der Waals surface area (Å²) in [7, 11) is 0. The van der Waals surface area contributed by atoms with E-state index in [1.165, 1.54) is 5.56 Å². The summed E-state index contributed by atoms with van der Waals surface area (Å²) in [6, 6.07) is 8.58. The number of ether oxygens (including phenoxy) is 2. The van der Waals surface area contributed by atoms with Crippen molar-refractivity contribution in [3.8, 4) is 5.75 Å². The number of hydrogen-bond acceptors (Lipinski definition) is 2. The third kappa shape index (κ3) is 3.26. The number of hydrogen-bond donors (Lipinski definition) is 0. The lowest BCUT2D eigenvalue weighted by Gasteiger charge is -2.25. The smallest absolute Gasteiger partial charge is 0.119 e. The topological polar surface area (TPSA) is 18.5 Å². The Morgan fingerprint density at radius 2 is 1.78 bits per heavy atom. The molecule has 100 valence electrons. The SMILES string of the molecule is CCC(C)(C)c1ccc(OC2CCOCC2)cc1. The first-order chi connectivity index (χ1) is 8.62. The summed E-state index contributed by atoms with van der Waals surface area (Å²) < 4.78 is 11.3. The van der Waals surface area contributed by atoms with E-state index in [1.807, 2.05) is 0 Å². The average Bonchev–Trinajstić information content (AvgIpc) is 2.40. The van der Waals surface area contributed by atoms with Gasteiger partial charge in [0.1, 0.15) is 11.9 Å². The van der Waals surface area contributed by atoms with Crippen molar-refractivity contribution in [1.82, 2.24) is 0 Å². The summed E-state index contributed by atoms with van der Waals surface area (Å²) in [4.78, 5) is 0. The van der Waals surface area contributed by atoms with E-state index in [1.54, 1.807) is 0 Å². The maximum Gasteiger partial charge on any atom is 0.119 e. The molecular formula is C16H24O2. The molecule has 2 nitrogen and oxygen atoms in total.